The molecule has 0 aliphatic carbocycles. The van der Waals surface area contributed by atoms with Crippen LogP contribution in [0.25, 0.3) is 55.5 Å². The summed E-state index contributed by atoms with van der Waals surface area (Å²) >= 11 is 5.56. The molecule has 11 rings (SSSR count). The van der Waals surface area contributed by atoms with Crippen LogP contribution in [-0.2, 0) is 34.0 Å². The largest absolute Gasteiger partial charge is 0.508 e. The Balaban J connectivity index is 0.000000214. The number of alkyl carbamates (subject to hydrolysis) is 1. The SMILES string of the molecule is CNC(=O)CN(C)c1nc2ccc(O)cc2o1.CNC(=O)CN(C)c1nc2ccc(OC)cc2o1.CNC(=O)CN(C)c1nc2ccc(OC/C(=C\F)CN)cc2o1.CNC(=O)CN(C)c1nc2ccc(OC/C(=C\F)CNC(=O)OC(C)(C)C)cc2o1.COc1ccc2nc(Cl)oc2c1.Cc1ccc(S(=O)(=O)O)cc1. The summed E-state index contributed by atoms with van der Waals surface area (Å²) in [6, 6.07) is 32.9. The number of rotatable bonds is 24. The normalized spacial score (nSPS) is 11.2. The maximum absolute atomic E-state index is 13.1. The zero-order chi connectivity index (χ0) is 81.7. The Kier molecular flexibility index (Phi) is 32.9. The van der Waals surface area contributed by atoms with Crippen LogP contribution >= 0.6 is 11.6 Å². The molecule has 6 aromatic carbocycles. The number of halogens is 3. The minimum absolute atomic E-state index is 0.0512. The van der Waals surface area contributed by atoms with E-state index < -0.39 is 21.8 Å². The van der Waals surface area contributed by atoms with Crippen LogP contribution in [0.2, 0.25) is 5.35 Å². The molecular weight excluding hydrogens is 1500 g/mol. The molecule has 596 valence electrons. The van der Waals surface area contributed by atoms with Crippen molar-refractivity contribution in [3.8, 4) is 28.7 Å². The second-order valence-corrected chi connectivity index (χ2v) is 26.4. The number of nitrogens with zero attached hydrogens (tertiary/aromatic N) is 9. The summed E-state index contributed by atoms with van der Waals surface area (Å²) in [6.07, 6.45) is 0.188. The van der Waals surface area contributed by atoms with Gasteiger partial charge >= 0.3 is 6.09 Å². The van der Waals surface area contributed by atoms with Gasteiger partial charge in [-0.15, -0.1) is 0 Å². The highest BCUT2D eigenvalue weighted by Gasteiger charge is 2.20. The van der Waals surface area contributed by atoms with Crippen molar-refractivity contribution in [2.24, 2.45) is 5.73 Å². The van der Waals surface area contributed by atoms with Crippen LogP contribution in [0, 0.1) is 6.92 Å². The Labute approximate surface area is 641 Å². The van der Waals surface area contributed by atoms with E-state index in [1.165, 1.54) is 24.3 Å². The van der Waals surface area contributed by atoms with Gasteiger partial charge in [-0.2, -0.15) is 33.3 Å². The molecule has 0 aliphatic heterocycles. The number of carbonyl (C=O) groups is 5. The van der Waals surface area contributed by atoms with Crippen LogP contribution in [-0.4, -0.2) is 201 Å². The first kappa shape index (κ1) is 87.4. The number of methoxy groups -OCH3 is 2. The molecule has 5 aromatic heterocycles. The zero-order valence-electron chi connectivity index (χ0n) is 63.3. The number of fused-ring (bicyclic) bond motifs is 5. The highest BCUT2D eigenvalue weighted by atomic mass is 35.5. The average molecular weight is 1590 g/mol. The van der Waals surface area contributed by atoms with Gasteiger partial charge < -0.3 is 103 Å². The van der Waals surface area contributed by atoms with Gasteiger partial charge in [0.2, 0.25) is 23.6 Å². The monoisotopic (exact) mass is 1580 g/mol. The molecule has 0 saturated carbocycles. The molecule has 0 unspecified atom stereocenters. The van der Waals surface area contributed by atoms with E-state index in [1.807, 2.05) is 19.1 Å². The number of nitrogens with one attached hydrogen (secondary N) is 5. The highest BCUT2D eigenvalue weighted by molar-refractivity contribution is 7.85. The van der Waals surface area contributed by atoms with Gasteiger partial charge in [0.15, 0.2) is 27.9 Å². The number of ether oxygens (including phenoxy) is 5. The van der Waals surface area contributed by atoms with Crippen molar-refractivity contribution < 1.29 is 96.6 Å². The van der Waals surface area contributed by atoms with Crippen LogP contribution in [0.1, 0.15) is 26.3 Å². The van der Waals surface area contributed by atoms with Crippen molar-refractivity contribution in [1.29, 1.82) is 0 Å². The lowest BCUT2D eigenvalue weighted by Gasteiger charge is -2.20. The topological polar surface area (TPSA) is 435 Å². The summed E-state index contributed by atoms with van der Waals surface area (Å²) in [4.78, 5) is 84.4. The van der Waals surface area contributed by atoms with E-state index in [2.05, 4.69) is 51.5 Å². The second kappa shape index (κ2) is 41.7. The van der Waals surface area contributed by atoms with E-state index in [-0.39, 0.29) is 104 Å². The number of amides is 5. The summed E-state index contributed by atoms with van der Waals surface area (Å²) in [6.45, 7) is 7.68. The molecular formula is C73H88ClF2N15O19S. The van der Waals surface area contributed by atoms with E-state index in [1.54, 1.807) is 190 Å². The molecule has 0 fully saturated rings. The van der Waals surface area contributed by atoms with E-state index in [4.69, 9.17) is 67.7 Å². The third-order valence-corrected chi connectivity index (χ3v) is 15.8. The van der Waals surface area contributed by atoms with Gasteiger partial charge in [-0.05, 0) is 112 Å². The number of hydrogen-bond acceptors (Lipinski definition) is 28. The standard InChI is InChI=1S/C20H27FN4O5.C15H19FN4O3.C12H15N3O3.C11H13N3O3.C8H6ClNO2.C7H8O3S/c1-20(2,3)30-19(27)23-10-13(9-21)12-28-14-6-7-15-16(8-14)29-18(24-15)25(5)11-17(26)22-4;1-18-14(21)8-20(2)15-19-12-4-3-11(5-13(12)23-15)22-9-10(6-16)7-17;1-13-11(16)7-15(2)12-14-9-5-4-8(17-3)6-10(9)18-12;1-12-10(16)6-14(2)11-13-8-4-3-7(15)5-9(8)17-11;1-11-5-2-3-6-7(4-5)12-8(9)10-6;1-6-2-4-7(5-3-6)11(8,9)10/h6-9H,10-12H2,1-5H3,(H,22,26)(H,23,27);3-6H,7-9,17H2,1-2H3,(H,18,21);4-6H,7H2,1-3H3,(H,13,16);3-5,15H,6H2,1-2H3,(H,12,16);2-4H,1H3;2-5H,1H3,(H,8,9,10)/b13-9-;10-6-;;;;. The number of anilines is 4. The zero-order valence-corrected chi connectivity index (χ0v) is 64.8. The number of aromatic hydroxyl groups is 1. The summed E-state index contributed by atoms with van der Waals surface area (Å²) in [5.74, 6) is 1.97. The third-order valence-electron chi connectivity index (χ3n) is 14.8. The van der Waals surface area contributed by atoms with Gasteiger partial charge in [0.1, 0.15) is 101 Å². The Morgan fingerprint density at radius 2 is 0.856 bits per heavy atom. The Morgan fingerprint density at radius 3 is 1.20 bits per heavy atom. The lowest BCUT2D eigenvalue weighted by Crippen LogP contribution is -2.34. The third kappa shape index (κ3) is 27.9. The number of carbonyl (C=O) groups excluding carboxylic acids is 5. The van der Waals surface area contributed by atoms with Crippen LogP contribution in [0.15, 0.2) is 166 Å². The molecule has 5 amide bonds. The first-order chi connectivity index (χ1) is 52.7. The molecule has 11 aromatic rings. The fourth-order valence-corrected chi connectivity index (χ4v) is 9.46. The molecule has 0 spiro atoms. The quantitative estimate of drug-likeness (QED) is 0.0261. The minimum Gasteiger partial charge on any atom is -0.508 e. The van der Waals surface area contributed by atoms with Gasteiger partial charge in [-0.1, -0.05) is 17.7 Å². The number of likely N-dealkylation sites (N-methyl/N-ethyl adjacent to an activating group) is 8. The second-order valence-electron chi connectivity index (χ2n) is 24.6. The fraction of sp³-hybridized carbons (Fsp3) is 0.315. The van der Waals surface area contributed by atoms with Crippen molar-refractivity contribution in [1.82, 2.24) is 51.5 Å². The maximum atomic E-state index is 13.1. The number of phenolic OH excluding ortho intramolecular Hbond substituents is 1. The summed E-state index contributed by atoms with van der Waals surface area (Å²) in [5.41, 5.74) is 12.3. The first-order valence-corrected chi connectivity index (χ1v) is 35.2. The lowest BCUT2D eigenvalue weighted by molar-refractivity contribution is -0.120. The highest BCUT2D eigenvalue weighted by Crippen LogP contribution is 2.30. The van der Waals surface area contributed by atoms with Gasteiger partial charge in [0.05, 0.1) is 31.8 Å². The molecule has 111 heavy (non-hydrogen) atoms. The molecule has 0 radical (unpaired) electrons. The fourth-order valence-electron chi connectivity index (χ4n) is 8.81. The summed E-state index contributed by atoms with van der Waals surface area (Å²) < 4.78 is 109. The van der Waals surface area contributed by atoms with Gasteiger partial charge in [0, 0.05) is 111 Å². The maximum Gasteiger partial charge on any atom is 0.407 e. The molecule has 38 heteroatoms. The number of nitrogens with two attached hydrogens (primary N) is 1. The lowest BCUT2D eigenvalue weighted by atomic mass is 10.2. The Morgan fingerprint density at radius 1 is 0.523 bits per heavy atom. The number of hydrogen-bond donors (Lipinski definition) is 8. The van der Waals surface area contributed by atoms with Crippen molar-refractivity contribution in [3.05, 3.63) is 150 Å². The summed E-state index contributed by atoms with van der Waals surface area (Å²) in [7, 11) is 12.3. The van der Waals surface area contributed by atoms with Crippen molar-refractivity contribution in [2.45, 2.75) is 38.2 Å². The molecule has 0 atom stereocenters. The van der Waals surface area contributed by atoms with Crippen LogP contribution in [0.5, 0.6) is 28.7 Å². The number of aryl methyl sites for hydroxylation is 1. The molecule has 34 nitrogen and oxygen atoms in total. The van der Waals surface area contributed by atoms with E-state index in [0.717, 1.165) is 22.3 Å². The molecule has 0 aliphatic rings. The Hall–Kier alpha value is -12.5. The number of phenols is 1. The Bertz CT molecular complexity index is 5100. The van der Waals surface area contributed by atoms with Gasteiger partial charge in [-0.3, -0.25) is 23.7 Å². The van der Waals surface area contributed by atoms with Crippen LogP contribution in [0.4, 0.5) is 37.6 Å². The molecule has 0 bridgehead atoms. The molecule has 9 N–H and O–H groups in total. The molecule has 5 heterocycles. The minimum atomic E-state index is -4.02. The van der Waals surface area contributed by atoms with Gasteiger partial charge in [0.25, 0.3) is 39.5 Å². The van der Waals surface area contributed by atoms with E-state index in [0.29, 0.717) is 98.0 Å². The molecule has 0 saturated heterocycles. The van der Waals surface area contributed by atoms with Crippen molar-refractivity contribution in [3.63, 3.8) is 0 Å². The smallest absolute Gasteiger partial charge is 0.407 e. The first-order valence-electron chi connectivity index (χ1n) is 33.4. The predicted octanol–water partition coefficient (Wildman–Crippen LogP) is 9.43. The van der Waals surface area contributed by atoms with E-state index in [9.17, 15) is 46.3 Å². The average Bonchev–Trinajstić information content (AvgIpc) is 1.71. The van der Waals surface area contributed by atoms with Crippen LogP contribution in [0.3, 0.4) is 0 Å². The van der Waals surface area contributed by atoms with Crippen molar-refractivity contribution >= 4 is 131 Å². The number of aromatic nitrogens is 5. The predicted molar refractivity (Wildman–Crippen MR) is 413 cm³/mol. The summed E-state index contributed by atoms with van der Waals surface area (Å²) in [5, 5.41) is 22.0. The number of benzene rings is 6. The van der Waals surface area contributed by atoms with E-state index >= 15 is 0 Å². The van der Waals surface area contributed by atoms with Crippen LogP contribution < -0.4 is 70.9 Å². The van der Waals surface area contributed by atoms with Gasteiger partial charge in [-0.25, -0.2) is 13.6 Å². The van der Waals surface area contributed by atoms with Crippen molar-refractivity contribution in [2.75, 3.05) is 143 Å². The number of oxazole rings is 5.